The molecule has 1 aromatic carbocycles. The largest absolute Gasteiger partial charge is 0.454 e. The lowest BCUT2D eigenvalue weighted by Gasteiger charge is -2.15. The molecule has 112 valence electrons. The van der Waals surface area contributed by atoms with Gasteiger partial charge >= 0.3 is 0 Å². The Bertz CT molecular complexity index is 628. The smallest absolute Gasteiger partial charge is 0.231 e. The summed E-state index contributed by atoms with van der Waals surface area (Å²) < 4.78 is 10.7. The highest BCUT2D eigenvalue weighted by Crippen LogP contribution is 2.32. The molecule has 0 spiro atoms. The normalized spacial score (nSPS) is 13.7. The number of hydrogen-bond donors (Lipinski definition) is 1. The molecule has 0 fully saturated rings. The van der Waals surface area contributed by atoms with Crippen molar-refractivity contribution >= 4 is 11.3 Å². The minimum absolute atomic E-state index is 0.236. The highest BCUT2D eigenvalue weighted by molar-refractivity contribution is 7.12. The van der Waals surface area contributed by atoms with Gasteiger partial charge in [-0.3, -0.25) is 0 Å². The fraction of sp³-hybridized carbons (Fsp3) is 0.412. The predicted octanol–water partition coefficient (Wildman–Crippen LogP) is 4.06. The Morgan fingerprint density at radius 3 is 2.62 bits per heavy atom. The van der Waals surface area contributed by atoms with Gasteiger partial charge in [0.05, 0.1) is 0 Å². The third-order valence-electron chi connectivity index (χ3n) is 3.47. The average molecular weight is 303 g/mol. The van der Waals surface area contributed by atoms with Gasteiger partial charge in [0.2, 0.25) is 6.79 Å². The molecule has 3 rings (SSSR count). The van der Waals surface area contributed by atoms with Crippen molar-refractivity contribution < 1.29 is 9.47 Å². The van der Waals surface area contributed by atoms with Gasteiger partial charge in [-0.25, -0.2) is 0 Å². The van der Waals surface area contributed by atoms with Crippen LogP contribution < -0.4 is 14.8 Å². The van der Waals surface area contributed by atoms with Crippen molar-refractivity contribution in [1.29, 1.82) is 0 Å². The molecule has 0 amide bonds. The summed E-state index contributed by atoms with van der Waals surface area (Å²) in [6.07, 6.45) is 0. The zero-order chi connectivity index (χ0) is 14.9. The van der Waals surface area contributed by atoms with Crippen LogP contribution in [0.2, 0.25) is 0 Å². The molecule has 1 N–H and O–H groups in total. The molecule has 1 aliphatic heterocycles. The van der Waals surface area contributed by atoms with E-state index in [0.29, 0.717) is 6.79 Å². The maximum Gasteiger partial charge on any atom is 0.231 e. The second kappa shape index (κ2) is 5.70. The molecule has 2 aromatic rings. The third-order valence-corrected chi connectivity index (χ3v) is 4.98. The molecule has 0 aliphatic carbocycles. The van der Waals surface area contributed by atoms with Crippen LogP contribution in [0.25, 0.3) is 0 Å². The Balaban J connectivity index is 1.55. The number of rotatable bonds is 4. The molecule has 0 saturated carbocycles. The molecule has 0 unspecified atom stereocenters. The van der Waals surface area contributed by atoms with Crippen molar-refractivity contribution in [2.45, 2.75) is 39.3 Å². The van der Waals surface area contributed by atoms with Gasteiger partial charge in [-0.2, -0.15) is 0 Å². The highest BCUT2D eigenvalue weighted by Gasteiger charge is 2.16. The van der Waals surface area contributed by atoms with Gasteiger partial charge in [0.1, 0.15) is 0 Å². The quantitative estimate of drug-likeness (QED) is 0.924. The SMILES string of the molecule is CC(C)(C)c1ccc(CNCc2ccc3c(c2)OCO3)s1. The number of thiophene rings is 1. The van der Waals surface area contributed by atoms with E-state index < -0.39 is 0 Å². The van der Waals surface area contributed by atoms with E-state index in [9.17, 15) is 0 Å². The van der Waals surface area contributed by atoms with Crippen LogP contribution in [0.1, 0.15) is 36.1 Å². The number of fused-ring (bicyclic) bond motifs is 1. The second-order valence-corrected chi connectivity index (χ2v) is 7.48. The summed E-state index contributed by atoms with van der Waals surface area (Å²) in [5, 5.41) is 3.49. The van der Waals surface area contributed by atoms with Gasteiger partial charge in [-0.05, 0) is 35.2 Å². The second-order valence-electron chi connectivity index (χ2n) is 6.31. The van der Waals surface area contributed by atoms with Crippen LogP contribution in [0.4, 0.5) is 0 Å². The van der Waals surface area contributed by atoms with Crippen molar-refractivity contribution in [1.82, 2.24) is 5.32 Å². The summed E-state index contributed by atoms with van der Waals surface area (Å²) in [5.74, 6) is 1.69. The van der Waals surface area contributed by atoms with Gasteiger partial charge in [0.25, 0.3) is 0 Å². The van der Waals surface area contributed by atoms with Gasteiger partial charge < -0.3 is 14.8 Å². The van der Waals surface area contributed by atoms with E-state index in [1.807, 2.05) is 23.5 Å². The van der Waals surface area contributed by atoms with Crippen LogP contribution in [0, 0.1) is 0 Å². The van der Waals surface area contributed by atoms with E-state index in [1.54, 1.807) is 0 Å². The first-order valence-corrected chi connectivity index (χ1v) is 8.02. The van der Waals surface area contributed by atoms with Gasteiger partial charge in [-0.1, -0.05) is 26.8 Å². The van der Waals surface area contributed by atoms with Crippen LogP contribution in [0.3, 0.4) is 0 Å². The summed E-state index contributed by atoms with van der Waals surface area (Å²) in [7, 11) is 0. The number of nitrogens with one attached hydrogen (secondary N) is 1. The van der Waals surface area contributed by atoms with Crippen LogP contribution in [-0.2, 0) is 18.5 Å². The topological polar surface area (TPSA) is 30.5 Å². The van der Waals surface area contributed by atoms with Crippen molar-refractivity contribution in [3.8, 4) is 11.5 Å². The third kappa shape index (κ3) is 3.39. The Morgan fingerprint density at radius 1 is 1.05 bits per heavy atom. The van der Waals surface area contributed by atoms with Crippen LogP contribution in [-0.4, -0.2) is 6.79 Å². The predicted molar refractivity (Wildman–Crippen MR) is 86.1 cm³/mol. The Hall–Kier alpha value is -1.52. The monoisotopic (exact) mass is 303 g/mol. The van der Waals surface area contributed by atoms with E-state index in [0.717, 1.165) is 24.6 Å². The number of hydrogen-bond acceptors (Lipinski definition) is 4. The highest BCUT2D eigenvalue weighted by atomic mass is 32.1. The van der Waals surface area contributed by atoms with Crippen molar-refractivity contribution in [2.75, 3.05) is 6.79 Å². The van der Waals surface area contributed by atoms with Crippen molar-refractivity contribution in [2.24, 2.45) is 0 Å². The molecule has 0 atom stereocenters. The van der Waals surface area contributed by atoms with Crippen molar-refractivity contribution in [3.05, 3.63) is 45.6 Å². The molecule has 0 radical (unpaired) electrons. The number of ether oxygens (including phenoxy) is 2. The molecule has 4 heteroatoms. The molecule has 21 heavy (non-hydrogen) atoms. The molecular formula is C17H21NO2S. The summed E-state index contributed by atoms with van der Waals surface area (Å²) in [5.41, 5.74) is 1.45. The molecule has 3 nitrogen and oxygen atoms in total. The maximum absolute atomic E-state index is 5.40. The summed E-state index contributed by atoms with van der Waals surface area (Å²) in [6.45, 7) is 8.82. The Morgan fingerprint density at radius 2 is 1.86 bits per heavy atom. The van der Waals surface area contributed by atoms with E-state index >= 15 is 0 Å². The van der Waals surface area contributed by atoms with Crippen LogP contribution in [0.5, 0.6) is 11.5 Å². The first kappa shape index (κ1) is 14.4. The molecule has 1 aliphatic rings. The van der Waals surface area contributed by atoms with Gasteiger partial charge in [-0.15, -0.1) is 11.3 Å². The minimum atomic E-state index is 0.236. The first-order chi connectivity index (χ1) is 10.0. The zero-order valence-corrected chi connectivity index (χ0v) is 13.5. The van der Waals surface area contributed by atoms with E-state index in [-0.39, 0.29) is 5.41 Å². The molecular weight excluding hydrogens is 282 g/mol. The Labute approximate surface area is 129 Å². The van der Waals surface area contributed by atoms with E-state index in [1.165, 1.54) is 15.3 Å². The van der Waals surface area contributed by atoms with E-state index in [2.05, 4.69) is 44.3 Å². The molecule has 2 heterocycles. The van der Waals surface area contributed by atoms with Gasteiger partial charge in [0.15, 0.2) is 11.5 Å². The average Bonchev–Trinajstić information content (AvgIpc) is 3.05. The fourth-order valence-electron chi connectivity index (χ4n) is 2.26. The molecule has 0 saturated heterocycles. The standard InChI is InChI=1S/C17H21NO2S/c1-17(2,3)16-7-5-13(21-16)10-18-9-12-4-6-14-15(8-12)20-11-19-14/h4-8,18H,9-11H2,1-3H3. The zero-order valence-electron chi connectivity index (χ0n) is 12.7. The lowest BCUT2D eigenvalue weighted by atomic mass is 9.95. The lowest BCUT2D eigenvalue weighted by molar-refractivity contribution is 0.174. The Kier molecular flexibility index (Phi) is 3.91. The summed E-state index contributed by atoms with van der Waals surface area (Å²) >= 11 is 1.89. The van der Waals surface area contributed by atoms with E-state index in [4.69, 9.17) is 9.47 Å². The van der Waals surface area contributed by atoms with Gasteiger partial charge in [0, 0.05) is 22.8 Å². The van der Waals surface area contributed by atoms with Crippen molar-refractivity contribution in [3.63, 3.8) is 0 Å². The van der Waals surface area contributed by atoms with Crippen LogP contribution in [0.15, 0.2) is 30.3 Å². The molecule has 1 aromatic heterocycles. The summed E-state index contributed by atoms with van der Waals surface area (Å²) in [6, 6.07) is 10.6. The minimum Gasteiger partial charge on any atom is -0.454 e. The number of benzene rings is 1. The summed E-state index contributed by atoms with van der Waals surface area (Å²) in [4.78, 5) is 2.81. The maximum atomic E-state index is 5.40. The first-order valence-electron chi connectivity index (χ1n) is 7.21. The van der Waals surface area contributed by atoms with Crippen LogP contribution >= 0.6 is 11.3 Å². The lowest BCUT2D eigenvalue weighted by Crippen LogP contribution is -2.11. The molecule has 0 bridgehead atoms. The fourth-order valence-corrected chi connectivity index (χ4v) is 3.29.